The van der Waals surface area contributed by atoms with Gasteiger partial charge in [-0.2, -0.15) is 0 Å². The molecule has 3 nitrogen and oxygen atoms in total. The number of esters is 1. The zero-order valence-electron chi connectivity index (χ0n) is 16.6. The number of aliphatic hydroxyl groups is 1. The van der Waals surface area contributed by atoms with Gasteiger partial charge in [0.25, 0.3) is 0 Å². The average Bonchev–Trinajstić information content (AvgIpc) is 2.87. The molecule has 1 N–H and O–H groups in total. The fourth-order valence-electron chi connectivity index (χ4n) is 7.35. The zero-order valence-corrected chi connectivity index (χ0v) is 16.6. The van der Waals surface area contributed by atoms with E-state index in [4.69, 9.17) is 4.74 Å². The Morgan fingerprint density at radius 2 is 1.96 bits per heavy atom. The number of allylic oxidation sites excluding steroid dienone is 1. The van der Waals surface area contributed by atoms with Gasteiger partial charge in [-0.05, 0) is 68.1 Å². The molecule has 0 bridgehead atoms. The van der Waals surface area contributed by atoms with Crippen LogP contribution in [-0.2, 0) is 9.53 Å². The molecule has 0 amide bonds. The van der Waals surface area contributed by atoms with E-state index in [0.29, 0.717) is 17.8 Å². The summed E-state index contributed by atoms with van der Waals surface area (Å²) in [6, 6.07) is 0. The van der Waals surface area contributed by atoms with Gasteiger partial charge in [0, 0.05) is 18.8 Å². The van der Waals surface area contributed by atoms with Gasteiger partial charge in [0.1, 0.15) is 6.10 Å². The van der Waals surface area contributed by atoms with Gasteiger partial charge in [-0.25, -0.2) is 0 Å². The highest BCUT2D eigenvalue weighted by atomic mass is 16.5. The summed E-state index contributed by atoms with van der Waals surface area (Å²) in [6.45, 7) is 10.2. The molecule has 26 heavy (non-hydrogen) atoms. The van der Waals surface area contributed by atoms with Crippen molar-refractivity contribution in [3.05, 3.63) is 24.3 Å². The van der Waals surface area contributed by atoms with E-state index < -0.39 is 5.60 Å². The van der Waals surface area contributed by atoms with E-state index >= 15 is 0 Å². The van der Waals surface area contributed by atoms with Crippen LogP contribution in [0.1, 0.15) is 72.1 Å². The van der Waals surface area contributed by atoms with E-state index in [1.165, 1.54) is 18.9 Å². The Labute approximate surface area is 157 Å². The molecule has 0 unspecified atom stereocenters. The first-order valence-electron chi connectivity index (χ1n) is 10.5. The molecule has 3 fully saturated rings. The van der Waals surface area contributed by atoms with Gasteiger partial charge in [-0.15, -0.1) is 6.58 Å². The third kappa shape index (κ3) is 2.38. The lowest BCUT2D eigenvalue weighted by Crippen LogP contribution is -2.54. The molecule has 0 radical (unpaired) electrons. The first-order valence-corrected chi connectivity index (χ1v) is 10.5. The largest absolute Gasteiger partial charge is 0.462 e. The van der Waals surface area contributed by atoms with E-state index in [1.807, 2.05) is 6.08 Å². The second-order valence-electron chi connectivity index (χ2n) is 9.86. The van der Waals surface area contributed by atoms with Crippen molar-refractivity contribution in [2.45, 2.75) is 83.8 Å². The van der Waals surface area contributed by atoms with Gasteiger partial charge in [0.2, 0.25) is 0 Å². The van der Waals surface area contributed by atoms with Crippen molar-refractivity contribution in [2.24, 2.45) is 28.6 Å². The molecule has 3 saturated carbocycles. The minimum Gasteiger partial charge on any atom is -0.462 e. The van der Waals surface area contributed by atoms with E-state index in [-0.39, 0.29) is 22.9 Å². The van der Waals surface area contributed by atoms with E-state index in [9.17, 15) is 9.90 Å². The average molecular weight is 359 g/mol. The highest BCUT2D eigenvalue weighted by Crippen LogP contribution is 2.67. The molecule has 0 aliphatic heterocycles. The van der Waals surface area contributed by atoms with Gasteiger partial charge in [-0.3, -0.25) is 4.79 Å². The molecule has 0 aromatic heterocycles. The maximum Gasteiger partial charge on any atom is 0.302 e. The van der Waals surface area contributed by atoms with Crippen LogP contribution in [0.3, 0.4) is 0 Å². The zero-order chi connectivity index (χ0) is 18.7. The second-order valence-corrected chi connectivity index (χ2v) is 9.86. The molecule has 0 heterocycles. The van der Waals surface area contributed by atoms with Crippen LogP contribution >= 0.6 is 0 Å². The molecular formula is C23H34O3. The Morgan fingerprint density at radius 1 is 1.23 bits per heavy atom. The molecule has 144 valence electrons. The molecule has 4 rings (SSSR count). The van der Waals surface area contributed by atoms with Crippen LogP contribution in [0.2, 0.25) is 0 Å². The molecule has 0 saturated heterocycles. The summed E-state index contributed by atoms with van der Waals surface area (Å²) in [5.74, 6) is 1.80. The Bertz CT molecular complexity index is 652. The molecule has 7 atom stereocenters. The summed E-state index contributed by atoms with van der Waals surface area (Å²) in [4.78, 5) is 11.4. The summed E-state index contributed by atoms with van der Waals surface area (Å²) < 4.78 is 5.52. The normalized spacial score (nSPS) is 50.1. The van der Waals surface area contributed by atoms with Crippen LogP contribution in [0.5, 0.6) is 0 Å². The quantitative estimate of drug-likeness (QED) is 0.570. The predicted octanol–water partition coefficient (Wildman–Crippen LogP) is 4.80. The first kappa shape index (κ1) is 18.3. The lowest BCUT2D eigenvalue weighted by atomic mass is 9.47. The summed E-state index contributed by atoms with van der Waals surface area (Å²) in [5, 5.41) is 11.2. The van der Waals surface area contributed by atoms with Gasteiger partial charge in [0.05, 0.1) is 5.60 Å². The third-order valence-corrected chi connectivity index (χ3v) is 8.94. The topological polar surface area (TPSA) is 46.5 Å². The summed E-state index contributed by atoms with van der Waals surface area (Å²) in [5.41, 5.74) is 1.06. The van der Waals surface area contributed by atoms with Crippen LogP contribution in [0, 0.1) is 28.6 Å². The second kappa shape index (κ2) is 5.95. The lowest BCUT2D eigenvalue weighted by Gasteiger charge is -2.58. The fourth-order valence-corrected chi connectivity index (χ4v) is 7.35. The van der Waals surface area contributed by atoms with Crippen LogP contribution in [0.25, 0.3) is 0 Å². The molecular weight excluding hydrogens is 324 g/mol. The van der Waals surface area contributed by atoms with Crippen molar-refractivity contribution in [1.82, 2.24) is 0 Å². The number of hydrogen-bond donors (Lipinski definition) is 1. The van der Waals surface area contributed by atoms with Crippen LogP contribution in [0.15, 0.2) is 24.3 Å². The van der Waals surface area contributed by atoms with Crippen molar-refractivity contribution in [3.63, 3.8) is 0 Å². The third-order valence-electron chi connectivity index (χ3n) is 8.94. The number of carbonyl (C=O) groups excluding carboxylic acids is 1. The van der Waals surface area contributed by atoms with E-state index in [2.05, 4.69) is 26.5 Å². The molecule has 0 aromatic rings. The molecule has 4 aliphatic rings. The number of fused-ring (bicyclic) bond motifs is 5. The Hall–Kier alpha value is -1.09. The minimum absolute atomic E-state index is 0.0213. The van der Waals surface area contributed by atoms with Gasteiger partial charge >= 0.3 is 5.97 Å². The van der Waals surface area contributed by atoms with Crippen LogP contribution in [-0.4, -0.2) is 22.8 Å². The molecule has 4 aliphatic carbocycles. The standard InChI is InChI=1S/C23H34O3/c1-5-23(25)13-10-20-18-7-6-16-14-17(26-15(2)24)8-11-21(16,3)19(18)9-12-22(20,23)4/h5-6,17-20,25H,1,7-14H2,2-4H3/t17-,18+,19+,20+,21+,22+,23+/m0/s1. The van der Waals surface area contributed by atoms with Crippen molar-refractivity contribution >= 4 is 5.97 Å². The van der Waals surface area contributed by atoms with E-state index in [1.54, 1.807) is 0 Å². The number of ether oxygens (including phenoxy) is 1. The SMILES string of the molecule is C=C[C@@]1(O)CC[C@@H]2[C@@H]3CC=C4C[C@@H](OC(C)=O)CC[C@@]4(C)[C@@H]3CC[C@]21C. The lowest BCUT2D eigenvalue weighted by molar-refractivity contribution is -0.149. The molecule has 3 heteroatoms. The van der Waals surface area contributed by atoms with Crippen molar-refractivity contribution in [3.8, 4) is 0 Å². The summed E-state index contributed by atoms with van der Waals surface area (Å²) >= 11 is 0. The van der Waals surface area contributed by atoms with Crippen molar-refractivity contribution in [1.29, 1.82) is 0 Å². The Kier molecular flexibility index (Phi) is 4.19. The predicted molar refractivity (Wildman–Crippen MR) is 102 cm³/mol. The fraction of sp³-hybridized carbons (Fsp3) is 0.783. The first-order chi connectivity index (χ1) is 12.2. The van der Waals surface area contributed by atoms with Crippen LogP contribution in [0.4, 0.5) is 0 Å². The highest BCUT2D eigenvalue weighted by molar-refractivity contribution is 5.66. The molecule has 0 spiro atoms. The summed E-state index contributed by atoms with van der Waals surface area (Å²) in [6.07, 6.45) is 12.8. The highest BCUT2D eigenvalue weighted by Gasteiger charge is 2.62. The van der Waals surface area contributed by atoms with E-state index in [0.717, 1.165) is 44.9 Å². The Balaban J connectivity index is 1.61. The smallest absolute Gasteiger partial charge is 0.302 e. The van der Waals surface area contributed by atoms with Crippen molar-refractivity contribution in [2.75, 3.05) is 0 Å². The number of hydrogen-bond acceptors (Lipinski definition) is 3. The maximum atomic E-state index is 11.4. The molecule has 0 aromatic carbocycles. The van der Waals surface area contributed by atoms with Gasteiger partial charge in [0.15, 0.2) is 0 Å². The maximum absolute atomic E-state index is 11.4. The van der Waals surface area contributed by atoms with Gasteiger partial charge < -0.3 is 9.84 Å². The van der Waals surface area contributed by atoms with Crippen LogP contribution < -0.4 is 0 Å². The number of carbonyl (C=O) groups is 1. The minimum atomic E-state index is -0.694. The monoisotopic (exact) mass is 358 g/mol. The number of rotatable bonds is 2. The van der Waals surface area contributed by atoms with Gasteiger partial charge in [-0.1, -0.05) is 31.6 Å². The summed E-state index contributed by atoms with van der Waals surface area (Å²) in [7, 11) is 0. The van der Waals surface area contributed by atoms with Crippen molar-refractivity contribution < 1.29 is 14.6 Å². The Morgan fingerprint density at radius 3 is 2.65 bits per heavy atom.